The van der Waals surface area contributed by atoms with E-state index in [1.165, 1.54) is 37.8 Å². The van der Waals surface area contributed by atoms with E-state index >= 15 is 0 Å². The van der Waals surface area contributed by atoms with E-state index in [2.05, 4.69) is 37.5 Å². The fourth-order valence-electron chi connectivity index (χ4n) is 7.98. The Morgan fingerprint density at radius 2 is 2.03 bits per heavy atom. The third-order valence-electron chi connectivity index (χ3n) is 9.53. The van der Waals surface area contributed by atoms with Crippen LogP contribution in [0.15, 0.2) is 17.5 Å². The highest BCUT2D eigenvalue weighted by molar-refractivity contribution is 7.13. The minimum absolute atomic E-state index is 0.142. The van der Waals surface area contributed by atoms with Crippen molar-refractivity contribution in [1.29, 1.82) is 0 Å². The van der Waals surface area contributed by atoms with Crippen LogP contribution in [0, 0.1) is 28.6 Å². The Kier molecular flexibility index (Phi) is 5.04. The molecule has 7 atom stereocenters. The monoisotopic (exact) mass is 427 g/mol. The summed E-state index contributed by atoms with van der Waals surface area (Å²) in [7, 11) is 2.01. The molecule has 3 aliphatic carbocycles. The molecule has 1 aromatic heterocycles. The van der Waals surface area contributed by atoms with Gasteiger partial charge < -0.3 is 10.2 Å². The quantitative estimate of drug-likeness (QED) is 0.671. The molecule has 0 bridgehead atoms. The molecule has 30 heavy (non-hydrogen) atoms. The largest absolute Gasteiger partial charge is 0.362 e. The molecule has 1 aromatic rings. The second kappa shape index (κ2) is 7.36. The first kappa shape index (κ1) is 20.5. The average Bonchev–Trinajstić information content (AvgIpc) is 3.33. The molecular weight excluding hydrogens is 390 g/mol. The predicted octanol–water partition coefficient (Wildman–Crippen LogP) is 5.69. The van der Waals surface area contributed by atoms with Gasteiger partial charge in [-0.1, -0.05) is 26.8 Å². The van der Waals surface area contributed by atoms with Crippen molar-refractivity contribution in [2.75, 3.05) is 18.9 Å². The zero-order chi connectivity index (χ0) is 21.1. The number of hydrogen-bond acceptors (Lipinski definition) is 4. The van der Waals surface area contributed by atoms with Gasteiger partial charge in [0.1, 0.15) is 0 Å². The molecule has 164 valence electrons. The van der Waals surface area contributed by atoms with Crippen molar-refractivity contribution in [2.24, 2.45) is 28.6 Å². The molecule has 3 fully saturated rings. The van der Waals surface area contributed by atoms with Crippen molar-refractivity contribution in [2.45, 2.75) is 77.7 Å². The number of rotatable bonds is 4. The lowest BCUT2D eigenvalue weighted by molar-refractivity contribution is -0.138. The van der Waals surface area contributed by atoms with Crippen molar-refractivity contribution < 1.29 is 4.79 Å². The second-order valence-electron chi connectivity index (χ2n) is 10.8. The van der Waals surface area contributed by atoms with Crippen LogP contribution in [0.4, 0.5) is 5.13 Å². The van der Waals surface area contributed by atoms with Crippen LogP contribution in [-0.2, 0) is 4.79 Å². The Labute approximate surface area is 185 Å². The lowest BCUT2D eigenvalue weighted by atomic mass is 9.47. The number of nitrogens with one attached hydrogen (secondary N) is 1. The highest BCUT2D eigenvalue weighted by atomic mass is 32.1. The summed E-state index contributed by atoms with van der Waals surface area (Å²) in [5, 5.41) is 6.90. The van der Waals surface area contributed by atoms with Crippen molar-refractivity contribution in [3.05, 3.63) is 23.2 Å². The molecule has 0 saturated heterocycles. The van der Waals surface area contributed by atoms with E-state index in [9.17, 15) is 4.79 Å². The van der Waals surface area contributed by atoms with Gasteiger partial charge in [0.2, 0.25) is 5.91 Å². The van der Waals surface area contributed by atoms with Gasteiger partial charge in [0, 0.05) is 36.3 Å². The number of nitrogens with zero attached hydrogens (tertiary/aromatic N) is 2. The minimum atomic E-state index is 0.142. The molecule has 1 N–H and O–H groups in total. The Bertz CT molecular complexity index is 849. The van der Waals surface area contributed by atoms with Gasteiger partial charge >= 0.3 is 0 Å². The van der Waals surface area contributed by atoms with Crippen LogP contribution in [-0.4, -0.2) is 35.4 Å². The number of anilines is 1. The fourth-order valence-corrected chi connectivity index (χ4v) is 8.78. The average molecular weight is 428 g/mol. The number of aromatic nitrogens is 1. The van der Waals surface area contributed by atoms with Gasteiger partial charge in [-0.3, -0.25) is 4.79 Å². The second-order valence-corrected chi connectivity index (χ2v) is 11.7. The van der Waals surface area contributed by atoms with Gasteiger partial charge in [-0.2, -0.15) is 0 Å². The summed E-state index contributed by atoms with van der Waals surface area (Å²) in [6.45, 7) is 8.22. The maximum Gasteiger partial charge on any atom is 0.246 e. The van der Waals surface area contributed by atoms with Gasteiger partial charge in [0.05, 0.1) is 5.69 Å². The maximum absolute atomic E-state index is 12.3. The van der Waals surface area contributed by atoms with Gasteiger partial charge in [-0.25, -0.2) is 4.98 Å². The van der Waals surface area contributed by atoms with Gasteiger partial charge in [0.25, 0.3) is 0 Å². The van der Waals surface area contributed by atoms with E-state index in [0.29, 0.717) is 23.3 Å². The third kappa shape index (κ3) is 2.91. The van der Waals surface area contributed by atoms with E-state index < -0.39 is 0 Å². The minimum Gasteiger partial charge on any atom is -0.362 e. The SMILES string of the molecule is CCCNc1nc(C2CC[C@H]3[C@@H]4CCC5N(C)C(=O)C=C[C@]5(C)[C@@H]4CC[C@]23C)cs1. The van der Waals surface area contributed by atoms with Crippen LogP contribution in [0.3, 0.4) is 0 Å². The molecule has 4 aliphatic rings. The Hall–Kier alpha value is -1.36. The number of amides is 1. The summed E-state index contributed by atoms with van der Waals surface area (Å²) < 4.78 is 0. The first-order valence-corrected chi connectivity index (χ1v) is 12.9. The van der Waals surface area contributed by atoms with Crippen molar-refractivity contribution >= 4 is 22.4 Å². The summed E-state index contributed by atoms with van der Waals surface area (Å²) in [6.07, 6.45) is 12.9. The number of carbonyl (C=O) groups is 1. The molecule has 2 unspecified atom stereocenters. The van der Waals surface area contributed by atoms with Crippen LogP contribution in [0.1, 0.15) is 77.3 Å². The van der Waals surface area contributed by atoms with Crippen molar-refractivity contribution in [1.82, 2.24) is 9.88 Å². The number of carbonyl (C=O) groups excluding carboxylic acids is 1. The molecule has 5 rings (SSSR count). The maximum atomic E-state index is 12.3. The van der Waals surface area contributed by atoms with E-state index in [1.54, 1.807) is 11.3 Å². The third-order valence-corrected chi connectivity index (χ3v) is 10.4. The van der Waals surface area contributed by atoms with Gasteiger partial charge in [-0.15, -0.1) is 11.3 Å². The fraction of sp³-hybridized carbons (Fsp3) is 0.760. The molecular formula is C25H37N3OS. The highest BCUT2D eigenvalue weighted by Gasteiger charge is 2.60. The Morgan fingerprint density at radius 1 is 1.20 bits per heavy atom. The summed E-state index contributed by atoms with van der Waals surface area (Å²) in [6, 6.07) is 0.378. The molecule has 3 saturated carbocycles. The summed E-state index contributed by atoms with van der Waals surface area (Å²) in [5.41, 5.74) is 1.86. The molecule has 1 amide bonds. The molecule has 0 spiro atoms. The van der Waals surface area contributed by atoms with E-state index in [0.717, 1.165) is 36.4 Å². The van der Waals surface area contributed by atoms with Crippen molar-refractivity contribution in [3.8, 4) is 0 Å². The van der Waals surface area contributed by atoms with E-state index in [-0.39, 0.29) is 11.3 Å². The lowest BCUT2D eigenvalue weighted by Gasteiger charge is -2.60. The van der Waals surface area contributed by atoms with Crippen molar-refractivity contribution in [3.63, 3.8) is 0 Å². The van der Waals surface area contributed by atoms with Crippen LogP contribution in [0.2, 0.25) is 0 Å². The van der Waals surface area contributed by atoms with Crippen LogP contribution >= 0.6 is 11.3 Å². The molecule has 1 aliphatic heterocycles. The summed E-state index contributed by atoms with van der Waals surface area (Å²) in [5.74, 6) is 3.08. The first-order valence-electron chi connectivity index (χ1n) is 12.0. The Morgan fingerprint density at radius 3 is 2.83 bits per heavy atom. The van der Waals surface area contributed by atoms with Crippen LogP contribution in [0.25, 0.3) is 0 Å². The topological polar surface area (TPSA) is 45.2 Å². The van der Waals surface area contributed by atoms with Gasteiger partial charge in [-0.05, 0) is 74.2 Å². The normalized spacial score (nSPS) is 42.6. The molecule has 0 aromatic carbocycles. The molecule has 2 heterocycles. The van der Waals surface area contributed by atoms with Gasteiger partial charge in [0.15, 0.2) is 5.13 Å². The van der Waals surface area contributed by atoms with E-state index in [1.807, 2.05) is 18.0 Å². The van der Waals surface area contributed by atoms with Crippen LogP contribution < -0.4 is 5.32 Å². The zero-order valence-corrected chi connectivity index (χ0v) is 19.8. The smallest absolute Gasteiger partial charge is 0.246 e. The standard InChI is InChI=1S/C25H37N3OS/c1-5-14-26-23-27-20(15-30-23)19-8-7-17-16-6-9-21-25(3,13-11-22(29)28(21)4)18(16)10-12-24(17,19)2/h11,13,15-19,21H,5-10,12,14H2,1-4H3,(H,26,27)/t16-,17-,18+,19?,21?,24-,25+/m0/s1. The number of thiazole rings is 1. The summed E-state index contributed by atoms with van der Waals surface area (Å²) in [4.78, 5) is 19.3. The lowest BCUT2D eigenvalue weighted by Crippen LogP contribution is -2.59. The number of likely N-dealkylation sites (N-methyl/N-ethyl adjacent to an activating group) is 1. The Balaban J connectivity index is 1.40. The van der Waals surface area contributed by atoms with E-state index in [4.69, 9.17) is 4.98 Å². The zero-order valence-electron chi connectivity index (χ0n) is 19.0. The first-order chi connectivity index (χ1) is 14.4. The number of hydrogen-bond donors (Lipinski definition) is 1. The molecule has 0 radical (unpaired) electrons. The molecule has 5 heteroatoms. The number of fused-ring (bicyclic) bond motifs is 5. The van der Waals surface area contributed by atoms with Crippen LogP contribution in [0.5, 0.6) is 0 Å². The summed E-state index contributed by atoms with van der Waals surface area (Å²) >= 11 is 1.78. The highest BCUT2D eigenvalue weighted by Crippen LogP contribution is 2.67. The predicted molar refractivity (Wildman–Crippen MR) is 124 cm³/mol. The molecule has 4 nitrogen and oxygen atoms in total.